The topological polar surface area (TPSA) is 70.2 Å². The molecule has 5 nitrogen and oxygen atoms in total. The van der Waals surface area contributed by atoms with Crippen molar-refractivity contribution in [1.82, 2.24) is 5.32 Å². The number of hydrogen-bond donors (Lipinski definition) is 3. The molecule has 0 aliphatic carbocycles. The zero-order chi connectivity index (χ0) is 15.9. The predicted octanol–water partition coefficient (Wildman–Crippen LogP) is 3.35. The predicted molar refractivity (Wildman–Crippen MR) is 86.2 cm³/mol. The molecule has 3 N–H and O–H groups in total. The van der Waals surface area contributed by atoms with Gasteiger partial charge in [-0.3, -0.25) is 4.79 Å². The summed E-state index contributed by atoms with van der Waals surface area (Å²) in [5.41, 5.74) is 0.920. The highest BCUT2D eigenvalue weighted by Gasteiger charge is 2.07. The van der Waals surface area contributed by atoms with Gasteiger partial charge in [0.05, 0.1) is 12.2 Å². The van der Waals surface area contributed by atoms with E-state index in [1.807, 2.05) is 6.07 Å². The number of carbonyl (C=O) groups is 2. The second kappa shape index (κ2) is 7.56. The molecule has 0 aliphatic rings. The number of hydrogen-bond acceptors (Lipinski definition) is 2. The van der Waals surface area contributed by atoms with Gasteiger partial charge in [0.25, 0.3) is 0 Å². The molecule has 0 unspecified atom stereocenters. The summed E-state index contributed by atoms with van der Waals surface area (Å²) in [5, 5.41) is 7.50. The first kappa shape index (κ1) is 16.0. The molecule has 0 heterocycles. The fourth-order valence-corrected chi connectivity index (χ4v) is 2.04. The van der Waals surface area contributed by atoms with E-state index in [0.29, 0.717) is 11.4 Å². The molecule has 7 heteroatoms. The van der Waals surface area contributed by atoms with Crippen molar-refractivity contribution in [3.63, 3.8) is 0 Å². The molecule has 0 aliphatic heterocycles. The lowest BCUT2D eigenvalue weighted by atomic mass is 10.3. The Labute approximate surface area is 135 Å². The lowest BCUT2D eigenvalue weighted by Crippen LogP contribution is -2.35. The van der Waals surface area contributed by atoms with Crippen LogP contribution in [0.3, 0.4) is 0 Å². The van der Waals surface area contributed by atoms with E-state index in [9.17, 15) is 14.0 Å². The molecule has 22 heavy (non-hydrogen) atoms. The van der Waals surface area contributed by atoms with Gasteiger partial charge in [0.1, 0.15) is 5.82 Å². The van der Waals surface area contributed by atoms with Gasteiger partial charge in [-0.05, 0) is 46.3 Å². The second-order valence-electron chi connectivity index (χ2n) is 4.35. The third kappa shape index (κ3) is 4.85. The Morgan fingerprint density at radius 1 is 1.05 bits per heavy atom. The Bertz CT molecular complexity index is 694. The smallest absolute Gasteiger partial charge is 0.319 e. The van der Waals surface area contributed by atoms with Gasteiger partial charge in [-0.25, -0.2) is 9.18 Å². The molecule has 0 fully saturated rings. The average molecular weight is 366 g/mol. The standard InChI is InChI=1S/C15H13BrFN3O2/c16-12-6-1-2-7-13(12)20-15(22)18-9-14(21)19-11-5-3-4-10(17)8-11/h1-8H,9H2,(H,19,21)(H2,18,20,22). The number of urea groups is 1. The van der Waals surface area contributed by atoms with Gasteiger partial charge in [-0.1, -0.05) is 18.2 Å². The van der Waals surface area contributed by atoms with E-state index in [0.717, 1.165) is 4.47 Å². The zero-order valence-electron chi connectivity index (χ0n) is 11.4. The highest BCUT2D eigenvalue weighted by Crippen LogP contribution is 2.20. The van der Waals surface area contributed by atoms with Crippen molar-refractivity contribution in [3.8, 4) is 0 Å². The van der Waals surface area contributed by atoms with Crippen LogP contribution in [0, 0.1) is 5.82 Å². The minimum absolute atomic E-state index is 0.229. The van der Waals surface area contributed by atoms with Crippen LogP contribution in [0.2, 0.25) is 0 Å². The van der Waals surface area contributed by atoms with Gasteiger partial charge >= 0.3 is 6.03 Å². The van der Waals surface area contributed by atoms with Gasteiger partial charge in [0, 0.05) is 10.2 Å². The summed E-state index contributed by atoms with van der Waals surface area (Å²) in [6, 6.07) is 12.1. The van der Waals surface area contributed by atoms with Gasteiger partial charge in [-0.2, -0.15) is 0 Å². The van der Waals surface area contributed by atoms with Crippen LogP contribution in [0.15, 0.2) is 53.0 Å². The minimum atomic E-state index is -0.513. The van der Waals surface area contributed by atoms with Crippen LogP contribution in [0.5, 0.6) is 0 Å². The summed E-state index contributed by atoms with van der Waals surface area (Å²) in [5.74, 6) is -0.898. The highest BCUT2D eigenvalue weighted by atomic mass is 79.9. The van der Waals surface area contributed by atoms with E-state index in [-0.39, 0.29) is 6.54 Å². The number of rotatable bonds is 4. The summed E-state index contributed by atoms with van der Waals surface area (Å²) >= 11 is 3.30. The first-order chi connectivity index (χ1) is 10.5. The number of halogens is 2. The number of amides is 3. The van der Waals surface area contributed by atoms with Gasteiger partial charge < -0.3 is 16.0 Å². The number of para-hydroxylation sites is 1. The Morgan fingerprint density at radius 3 is 2.55 bits per heavy atom. The molecule has 0 saturated heterocycles. The third-order valence-corrected chi connectivity index (χ3v) is 3.33. The Balaban J connectivity index is 1.81. The lowest BCUT2D eigenvalue weighted by molar-refractivity contribution is -0.115. The molecular weight excluding hydrogens is 353 g/mol. The summed E-state index contributed by atoms with van der Waals surface area (Å²) in [7, 11) is 0. The quantitative estimate of drug-likeness (QED) is 0.777. The van der Waals surface area contributed by atoms with Crippen molar-refractivity contribution < 1.29 is 14.0 Å². The molecule has 0 radical (unpaired) electrons. The average Bonchev–Trinajstić information content (AvgIpc) is 2.48. The minimum Gasteiger partial charge on any atom is -0.329 e. The van der Waals surface area contributed by atoms with Crippen molar-refractivity contribution in [2.24, 2.45) is 0 Å². The zero-order valence-corrected chi connectivity index (χ0v) is 13.0. The van der Waals surface area contributed by atoms with Crippen molar-refractivity contribution >= 4 is 39.2 Å². The lowest BCUT2D eigenvalue weighted by Gasteiger charge is -2.09. The third-order valence-electron chi connectivity index (χ3n) is 2.64. The first-order valence-corrected chi connectivity index (χ1v) is 7.19. The van der Waals surface area contributed by atoms with Crippen LogP contribution in [0.4, 0.5) is 20.6 Å². The second-order valence-corrected chi connectivity index (χ2v) is 5.20. The van der Waals surface area contributed by atoms with Crippen LogP contribution >= 0.6 is 15.9 Å². The maximum Gasteiger partial charge on any atom is 0.319 e. The normalized spacial score (nSPS) is 9.91. The van der Waals surface area contributed by atoms with Crippen LogP contribution in [0.25, 0.3) is 0 Å². The van der Waals surface area contributed by atoms with Gasteiger partial charge in [-0.15, -0.1) is 0 Å². The molecule has 0 bridgehead atoms. The van der Waals surface area contributed by atoms with E-state index in [2.05, 4.69) is 31.9 Å². The Morgan fingerprint density at radius 2 is 1.82 bits per heavy atom. The molecule has 2 rings (SSSR count). The van der Waals surface area contributed by atoms with E-state index in [4.69, 9.17) is 0 Å². The molecule has 2 aromatic rings. The molecule has 0 aromatic heterocycles. The van der Waals surface area contributed by atoms with Crippen molar-refractivity contribution in [1.29, 1.82) is 0 Å². The molecule has 0 saturated carbocycles. The van der Waals surface area contributed by atoms with Crippen LogP contribution in [0.1, 0.15) is 0 Å². The Kier molecular flexibility index (Phi) is 5.48. The molecule has 0 spiro atoms. The number of nitrogens with one attached hydrogen (secondary N) is 3. The molecule has 2 aromatic carbocycles. The number of carbonyl (C=O) groups excluding carboxylic acids is 2. The first-order valence-electron chi connectivity index (χ1n) is 6.39. The van der Waals surface area contributed by atoms with E-state index in [1.165, 1.54) is 18.2 Å². The van der Waals surface area contributed by atoms with Crippen molar-refractivity contribution in [2.45, 2.75) is 0 Å². The summed E-state index contributed by atoms with van der Waals surface area (Å²) in [6.45, 7) is -0.229. The largest absolute Gasteiger partial charge is 0.329 e. The SMILES string of the molecule is O=C(CNC(=O)Nc1ccccc1Br)Nc1cccc(F)c1. The van der Waals surface area contributed by atoms with Crippen LogP contribution in [-0.2, 0) is 4.79 Å². The van der Waals surface area contributed by atoms with E-state index in [1.54, 1.807) is 24.3 Å². The fourth-order valence-electron chi connectivity index (χ4n) is 1.66. The Hall–Kier alpha value is -2.41. The molecule has 3 amide bonds. The summed E-state index contributed by atoms with van der Waals surface area (Å²) < 4.78 is 13.7. The fraction of sp³-hybridized carbons (Fsp3) is 0.0667. The molecule has 0 atom stereocenters. The van der Waals surface area contributed by atoms with Gasteiger partial charge in [0.15, 0.2) is 0 Å². The number of anilines is 2. The molecular formula is C15H13BrFN3O2. The highest BCUT2D eigenvalue weighted by molar-refractivity contribution is 9.10. The van der Waals surface area contributed by atoms with E-state index >= 15 is 0 Å². The van der Waals surface area contributed by atoms with Crippen LogP contribution < -0.4 is 16.0 Å². The van der Waals surface area contributed by atoms with Crippen molar-refractivity contribution in [2.75, 3.05) is 17.2 Å². The van der Waals surface area contributed by atoms with E-state index < -0.39 is 17.8 Å². The summed E-state index contributed by atoms with van der Waals surface area (Å²) in [6.07, 6.45) is 0. The maximum absolute atomic E-state index is 13.0. The van der Waals surface area contributed by atoms with Gasteiger partial charge in [0.2, 0.25) is 5.91 Å². The van der Waals surface area contributed by atoms with Crippen LogP contribution in [-0.4, -0.2) is 18.5 Å². The van der Waals surface area contributed by atoms with Crippen molar-refractivity contribution in [3.05, 3.63) is 58.8 Å². The molecule has 114 valence electrons. The number of benzene rings is 2. The monoisotopic (exact) mass is 365 g/mol. The summed E-state index contributed by atoms with van der Waals surface area (Å²) in [4.78, 5) is 23.4. The maximum atomic E-state index is 13.0.